The second-order valence-corrected chi connectivity index (χ2v) is 7.85. The maximum absolute atomic E-state index is 12.3. The fourth-order valence-corrected chi connectivity index (χ4v) is 3.36. The number of benzene rings is 2. The molecule has 0 aromatic heterocycles. The molecular formula is C19H24N2O4S. The minimum Gasteiger partial charge on any atom is -0.494 e. The minimum atomic E-state index is -3.48. The molecule has 0 aliphatic rings. The highest BCUT2D eigenvalue weighted by Gasteiger charge is 2.18. The first-order chi connectivity index (χ1) is 12.5. The Bertz CT molecular complexity index is 780. The highest BCUT2D eigenvalue weighted by molar-refractivity contribution is 7.92. The van der Waals surface area contributed by atoms with Crippen LogP contribution in [0.15, 0.2) is 60.7 Å². The van der Waals surface area contributed by atoms with Gasteiger partial charge < -0.3 is 10.1 Å². The van der Waals surface area contributed by atoms with E-state index in [0.29, 0.717) is 25.1 Å². The zero-order valence-electron chi connectivity index (χ0n) is 14.8. The number of amides is 1. The number of sulfonamides is 1. The summed E-state index contributed by atoms with van der Waals surface area (Å²) in [6, 6.07) is 18.2. The Hall–Kier alpha value is -2.54. The standard InChI is InChI=1S/C19H24N2O4S/c1-21(17-9-4-2-5-10-17)26(23,24)16-14-20-19(22)13-8-15-25-18-11-6-3-7-12-18/h2-7,9-12H,8,13-16H2,1H3,(H,20,22). The van der Waals surface area contributed by atoms with E-state index >= 15 is 0 Å². The van der Waals surface area contributed by atoms with Gasteiger partial charge in [0.2, 0.25) is 15.9 Å². The number of nitrogens with zero attached hydrogens (tertiary/aromatic N) is 1. The Kier molecular flexibility index (Phi) is 7.47. The highest BCUT2D eigenvalue weighted by Crippen LogP contribution is 2.15. The van der Waals surface area contributed by atoms with E-state index in [9.17, 15) is 13.2 Å². The quantitative estimate of drug-likeness (QED) is 0.646. The van der Waals surface area contributed by atoms with Crippen LogP contribution < -0.4 is 14.4 Å². The summed E-state index contributed by atoms with van der Waals surface area (Å²) in [6.45, 7) is 0.518. The first kappa shape index (κ1) is 19.8. The molecule has 0 atom stereocenters. The average Bonchev–Trinajstić information content (AvgIpc) is 2.66. The summed E-state index contributed by atoms with van der Waals surface area (Å²) in [7, 11) is -1.97. The molecule has 0 aliphatic carbocycles. The Morgan fingerprint density at radius 3 is 2.31 bits per heavy atom. The van der Waals surface area contributed by atoms with Crippen LogP contribution in [-0.2, 0) is 14.8 Å². The Labute approximate surface area is 154 Å². The molecular weight excluding hydrogens is 352 g/mol. The number of rotatable bonds is 10. The van der Waals surface area contributed by atoms with Crippen molar-refractivity contribution in [2.24, 2.45) is 0 Å². The van der Waals surface area contributed by atoms with Gasteiger partial charge in [-0.2, -0.15) is 0 Å². The molecule has 0 bridgehead atoms. The molecule has 2 aromatic rings. The molecule has 1 amide bonds. The molecule has 6 nitrogen and oxygen atoms in total. The maximum Gasteiger partial charge on any atom is 0.236 e. The van der Waals surface area contributed by atoms with Crippen LogP contribution in [0.5, 0.6) is 5.75 Å². The van der Waals surface area contributed by atoms with Gasteiger partial charge in [-0.1, -0.05) is 36.4 Å². The predicted molar refractivity (Wildman–Crippen MR) is 103 cm³/mol. The van der Waals surface area contributed by atoms with Gasteiger partial charge in [0.15, 0.2) is 0 Å². The number of carbonyl (C=O) groups is 1. The molecule has 0 fully saturated rings. The Morgan fingerprint density at radius 2 is 1.65 bits per heavy atom. The zero-order valence-corrected chi connectivity index (χ0v) is 15.6. The van der Waals surface area contributed by atoms with Crippen LogP contribution in [0.2, 0.25) is 0 Å². The van der Waals surface area contributed by atoms with Gasteiger partial charge in [-0.05, 0) is 30.7 Å². The van der Waals surface area contributed by atoms with Crippen molar-refractivity contribution in [1.29, 1.82) is 0 Å². The lowest BCUT2D eigenvalue weighted by atomic mass is 10.3. The third-order valence-corrected chi connectivity index (χ3v) is 5.54. The molecule has 2 aromatic carbocycles. The normalized spacial score (nSPS) is 11.0. The van der Waals surface area contributed by atoms with Gasteiger partial charge in [0.05, 0.1) is 18.0 Å². The highest BCUT2D eigenvalue weighted by atomic mass is 32.2. The van der Waals surface area contributed by atoms with E-state index in [1.165, 1.54) is 11.4 Å². The van der Waals surface area contributed by atoms with Gasteiger partial charge in [0.25, 0.3) is 0 Å². The van der Waals surface area contributed by atoms with Gasteiger partial charge in [-0.15, -0.1) is 0 Å². The third-order valence-electron chi connectivity index (χ3n) is 3.78. The summed E-state index contributed by atoms with van der Waals surface area (Å²) >= 11 is 0. The second kappa shape index (κ2) is 9.82. The van der Waals surface area contributed by atoms with Crippen LogP contribution >= 0.6 is 0 Å². The number of hydrogen-bond donors (Lipinski definition) is 1. The fourth-order valence-electron chi connectivity index (χ4n) is 2.28. The van der Waals surface area contributed by atoms with E-state index < -0.39 is 10.0 Å². The number of ether oxygens (including phenoxy) is 1. The lowest BCUT2D eigenvalue weighted by Crippen LogP contribution is -2.35. The van der Waals surface area contributed by atoms with E-state index in [-0.39, 0.29) is 18.2 Å². The van der Waals surface area contributed by atoms with Crippen molar-refractivity contribution in [1.82, 2.24) is 5.32 Å². The first-order valence-corrected chi connectivity index (χ1v) is 10.1. The van der Waals surface area contributed by atoms with Crippen LogP contribution in [0, 0.1) is 0 Å². The number of hydrogen-bond acceptors (Lipinski definition) is 4. The fraction of sp³-hybridized carbons (Fsp3) is 0.316. The van der Waals surface area contributed by atoms with Gasteiger partial charge in [0.1, 0.15) is 5.75 Å². The molecule has 0 heterocycles. The Morgan fingerprint density at radius 1 is 1.04 bits per heavy atom. The lowest BCUT2D eigenvalue weighted by molar-refractivity contribution is -0.121. The molecule has 0 saturated carbocycles. The van der Waals surface area contributed by atoms with Gasteiger partial charge in [-0.3, -0.25) is 9.10 Å². The molecule has 1 N–H and O–H groups in total. The molecule has 0 aliphatic heterocycles. The van der Waals surface area contributed by atoms with E-state index in [1.54, 1.807) is 24.3 Å². The third kappa shape index (κ3) is 6.40. The topological polar surface area (TPSA) is 75.7 Å². The van der Waals surface area contributed by atoms with Crippen molar-refractivity contribution in [2.75, 3.05) is 30.3 Å². The number of nitrogens with one attached hydrogen (secondary N) is 1. The zero-order chi connectivity index (χ0) is 18.8. The second-order valence-electron chi connectivity index (χ2n) is 5.73. The molecule has 7 heteroatoms. The smallest absolute Gasteiger partial charge is 0.236 e. The van der Waals surface area contributed by atoms with E-state index in [4.69, 9.17) is 4.74 Å². The molecule has 2 rings (SSSR count). The summed E-state index contributed by atoms with van der Waals surface area (Å²) in [5.74, 6) is 0.437. The number of carbonyl (C=O) groups excluding carboxylic acids is 1. The van der Waals surface area contributed by atoms with Crippen molar-refractivity contribution in [3.63, 3.8) is 0 Å². The summed E-state index contributed by atoms with van der Waals surface area (Å²) < 4.78 is 31.3. The van der Waals surface area contributed by atoms with Crippen molar-refractivity contribution in [3.05, 3.63) is 60.7 Å². The largest absolute Gasteiger partial charge is 0.494 e. The van der Waals surface area contributed by atoms with E-state index in [1.807, 2.05) is 36.4 Å². The maximum atomic E-state index is 12.3. The van der Waals surface area contributed by atoms with Crippen molar-refractivity contribution >= 4 is 21.6 Å². The molecule has 0 spiro atoms. The summed E-state index contributed by atoms with van der Waals surface area (Å²) in [4.78, 5) is 11.8. The molecule has 0 saturated heterocycles. The number of anilines is 1. The predicted octanol–water partition coefficient (Wildman–Crippen LogP) is 2.43. The van der Waals surface area contributed by atoms with Crippen molar-refractivity contribution in [2.45, 2.75) is 12.8 Å². The van der Waals surface area contributed by atoms with Crippen molar-refractivity contribution < 1.29 is 17.9 Å². The molecule has 140 valence electrons. The lowest BCUT2D eigenvalue weighted by Gasteiger charge is -2.19. The van der Waals surface area contributed by atoms with E-state index in [0.717, 1.165) is 5.75 Å². The Balaban J connectivity index is 1.66. The number of para-hydroxylation sites is 2. The molecule has 0 unspecified atom stereocenters. The molecule has 0 radical (unpaired) electrons. The van der Waals surface area contributed by atoms with E-state index in [2.05, 4.69) is 5.32 Å². The summed E-state index contributed by atoms with van der Waals surface area (Å²) in [6.07, 6.45) is 0.860. The van der Waals surface area contributed by atoms with Crippen LogP contribution in [0.4, 0.5) is 5.69 Å². The minimum absolute atomic E-state index is 0.0812. The van der Waals surface area contributed by atoms with Crippen LogP contribution in [-0.4, -0.2) is 40.3 Å². The van der Waals surface area contributed by atoms with Crippen LogP contribution in [0.1, 0.15) is 12.8 Å². The summed E-state index contributed by atoms with van der Waals surface area (Å²) in [5, 5.41) is 2.64. The molecule has 26 heavy (non-hydrogen) atoms. The van der Waals surface area contributed by atoms with Crippen LogP contribution in [0.3, 0.4) is 0 Å². The average molecular weight is 376 g/mol. The van der Waals surface area contributed by atoms with Crippen molar-refractivity contribution in [3.8, 4) is 5.75 Å². The van der Waals surface area contributed by atoms with Gasteiger partial charge >= 0.3 is 0 Å². The monoisotopic (exact) mass is 376 g/mol. The van der Waals surface area contributed by atoms with Gasteiger partial charge in [0, 0.05) is 20.0 Å². The van der Waals surface area contributed by atoms with Gasteiger partial charge in [-0.25, -0.2) is 8.42 Å². The summed E-state index contributed by atoms with van der Waals surface area (Å²) in [5.41, 5.74) is 0.594. The van der Waals surface area contributed by atoms with Crippen LogP contribution in [0.25, 0.3) is 0 Å². The SMILES string of the molecule is CN(c1ccccc1)S(=O)(=O)CCNC(=O)CCCOc1ccccc1. The first-order valence-electron chi connectivity index (χ1n) is 8.45.